The number of aliphatic imine (C=N–C) groups is 1. The molecule has 2 N–H and O–H groups in total. The lowest BCUT2D eigenvalue weighted by atomic mass is 10.3. The summed E-state index contributed by atoms with van der Waals surface area (Å²) in [5, 5.41) is 6.50. The Balaban J connectivity index is 2.62. The van der Waals surface area contributed by atoms with E-state index in [0.717, 1.165) is 23.9 Å². The topological polar surface area (TPSA) is 58.5 Å². The first-order valence-corrected chi connectivity index (χ1v) is 6.62. The fraction of sp³-hybridized carbons (Fsp3) is 0.571. The molecule has 0 fully saturated rings. The van der Waals surface area contributed by atoms with Crippen LogP contribution in [0.5, 0.6) is 0 Å². The molecule has 0 aliphatic heterocycles. The smallest absolute Gasteiger partial charge is 0.191 e. The number of nitrogens with zero attached hydrogens (tertiary/aromatic N) is 2. The predicted molar refractivity (Wildman–Crippen MR) is 78.3 cm³/mol. The maximum atomic E-state index is 5.10. The number of hydrogen-bond donors (Lipinski definition) is 2. The summed E-state index contributed by atoms with van der Waals surface area (Å²) in [6, 6.07) is 6.19. The Bertz CT molecular complexity index is 406. The summed E-state index contributed by atoms with van der Waals surface area (Å²) in [6.07, 6.45) is 0. The van der Waals surface area contributed by atoms with E-state index in [1.807, 2.05) is 32.0 Å². The fourth-order valence-electron chi connectivity index (χ4n) is 1.69. The largest absolute Gasteiger partial charge is 0.383 e. The lowest BCUT2D eigenvalue weighted by Gasteiger charge is -2.16. The van der Waals surface area contributed by atoms with E-state index in [2.05, 4.69) is 27.5 Å². The zero-order valence-electron chi connectivity index (χ0n) is 12.2. The summed E-state index contributed by atoms with van der Waals surface area (Å²) in [5.74, 6) is 0.787. The molecule has 1 aromatic rings. The highest BCUT2D eigenvalue weighted by Gasteiger charge is 2.04. The Morgan fingerprint density at radius 2 is 2.26 bits per heavy atom. The van der Waals surface area contributed by atoms with Gasteiger partial charge in [-0.1, -0.05) is 6.07 Å². The molecule has 0 saturated heterocycles. The highest BCUT2D eigenvalue weighted by molar-refractivity contribution is 5.80. The van der Waals surface area contributed by atoms with E-state index in [1.165, 1.54) is 0 Å². The Hall–Kier alpha value is -1.62. The summed E-state index contributed by atoms with van der Waals surface area (Å²) in [5.41, 5.74) is 1.98. The quantitative estimate of drug-likeness (QED) is 0.603. The van der Waals surface area contributed by atoms with Crippen LogP contribution in [-0.2, 0) is 11.3 Å². The third kappa shape index (κ3) is 6.20. The molecule has 106 valence electrons. The molecule has 1 atom stereocenters. The SMILES string of the molecule is CCNC(=NCc1cccc(C)n1)NC(C)COC. The zero-order chi connectivity index (χ0) is 14.1. The second kappa shape index (κ2) is 8.48. The molecule has 5 heteroatoms. The third-order valence-electron chi connectivity index (χ3n) is 2.49. The zero-order valence-corrected chi connectivity index (χ0v) is 12.2. The van der Waals surface area contributed by atoms with Gasteiger partial charge in [-0.3, -0.25) is 4.98 Å². The van der Waals surface area contributed by atoms with Gasteiger partial charge in [-0.05, 0) is 32.9 Å². The Labute approximate surface area is 115 Å². The molecule has 19 heavy (non-hydrogen) atoms. The fourth-order valence-corrected chi connectivity index (χ4v) is 1.69. The molecular weight excluding hydrogens is 240 g/mol. The van der Waals surface area contributed by atoms with Crippen molar-refractivity contribution in [1.29, 1.82) is 0 Å². The van der Waals surface area contributed by atoms with Crippen LogP contribution >= 0.6 is 0 Å². The second-order valence-corrected chi connectivity index (χ2v) is 4.47. The van der Waals surface area contributed by atoms with Gasteiger partial charge in [0.15, 0.2) is 5.96 Å². The lowest BCUT2D eigenvalue weighted by Crippen LogP contribution is -2.43. The number of nitrogens with one attached hydrogen (secondary N) is 2. The lowest BCUT2D eigenvalue weighted by molar-refractivity contribution is 0.179. The van der Waals surface area contributed by atoms with E-state index in [1.54, 1.807) is 7.11 Å². The molecule has 0 bridgehead atoms. The highest BCUT2D eigenvalue weighted by Crippen LogP contribution is 1.99. The van der Waals surface area contributed by atoms with Crippen LogP contribution in [0.4, 0.5) is 0 Å². The number of aromatic nitrogens is 1. The van der Waals surface area contributed by atoms with Gasteiger partial charge in [-0.2, -0.15) is 0 Å². The summed E-state index contributed by atoms with van der Waals surface area (Å²) >= 11 is 0. The first kappa shape index (κ1) is 15.4. The third-order valence-corrected chi connectivity index (χ3v) is 2.49. The highest BCUT2D eigenvalue weighted by atomic mass is 16.5. The molecule has 1 unspecified atom stereocenters. The minimum Gasteiger partial charge on any atom is -0.383 e. The summed E-state index contributed by atoms with van der Waals surface area (Å²) in [6.45, 7) is 8.12. The average Bonchev–Trinajstić information content (AvgIpc) is 2.36. The van der Waals surface area contributed by atoms with Gasteiger partial charge in [0.2, 0.25) is 0 Å². The molecule has 0 aliphatic rings. The summed E-state index contributed by atoms with van der Waals surface area (Å²) in [7, 11) is 1.69. The normalized spacial score (nSPS) is 13.2. The van der Waals surface area contributed by atoms with Crippen LogP contribution < -0.4 is 10.6 Å². The number of ether oxygens (including phenoxy) is 1. The van der Waals surface area contributed by atoms with Crippen molar-refractivity contribution in [2.45, 2.75) is 33.4 Å². The first-order valence-electron chi connectivity index (χ1n) is 6.62. The average molecular weight is 264 g/mol. The number of aryl methyl sites for hydroxylation is 1. The second-order valence-electron chi connectivity index (χ2n) is 4.47. The van der Waals surface area contributed by atoms with Crippen LogP contribution in [-0.4, -0.2) is 37.2 Å². The molecule has 0 spiro atoms. The van der Waals surface area contributed by atoms with Crippen LogP contribution in [0.3, 0.4) is 0 Å². The summed E-state index contributed by atoms with van der Waals surface area (Å²) < 4.78 is 5.10. The monoisotopic (exact) mass is 264 g/mol. The van der Waals surface area contributed by atoms with Crippen molar-refractivity contribution in [2.24, 2.45) is 4.99 Å². The molecule has 0 saturated carbocycles. The number of methoxy groups -OCH3 is 1. The Morgan fingerprint density at radius 3 is 2.89 bits per heavy atom. The van der Waals surface area contributed by atoms with Crippen molar-refractivity contribution in [3.8, 4) is 0 Å². The predicted octanol–water partition coefficient (Wildman–Crippen LogP) is 1.48. The number of guanidine groups is 1. The van der Waals surface area contributed by atoms with E-state index in [-0.39, 0.29) is 6.04 Å². The van der Waals surface area contributed by atoms with Crippen LogP contribution in [0.1, 0.15) is 25.2 Å². The van der Waals surface area contributed by atoms with Crippen molar-refractivity contribution in [3.05, 3.63) is 29.6 Å². The van der Waals surface area contributed by atoms with E-state index in [9.17, 15) is 0 Å². The van der Waals surface area contributed by atoms with E-state index >= 15 is 0 Å². The summed E-state index contributed by atoms with van der Waals surface area (Å²) in [4.78, 5) is 8.96. The Kier molecular flexibility index (Phi) is 6.89. The maximum absolute atomic E-state index is 5.10. The molecule has 0 radical (unpaired) electrons. The number of rotatable bonds is 6. The van der Waals surface area contributed by atoms with Gasteiger partial charge in [0.1, 0.15) is 0 Å². The molecule has 1 rings (SSSR count). The molecule has 1 heterocycles. The van der Waals surface area contributed by atoms with E-state index < -0.39 is 0 Å². The molecule has 1 aromatic heterocycles. The minimum absolute atomic E-state index is 0.216. The van der Waals surface area contributed by atoms with Crippen molar-refractivity contribution in [3.63, 3.8) is 0 Å². The minimum atomic E-state index is 0.216. The number of pyridine rings is 1. The molecule has 5 nitrogen and oxygen atoms in total. The van der Waals surface area contributed by atoms with Crippen molar-refractivity contribution < 1.29 is 4.74 Å². The van der Waals surface area contributed by atoms with Gasteiger partial charge in [0.05, 0.1) is 18.8 Å². The van der Waals surface area contributed by atoms with E-state index in [0.29, 0.717) is 13.2 Å². The van der Waals surface area contributed by atoms with Gasteiger partial charge in [0.25, 0.3) is 0 Å². The van der Waals surface area contributed by atoms with Gasteiger partial charge in [0, 0.05) is 25.4 Å². The van der Waals surface area contributed by atoms with E-state index in [4.69, 9.17) is 4.74 Å². The molecule has 0 amide bonds. The molecular formula is C14H24N4O. The first-order chi connectivity index (χ1) is 9.15. The van der Waals surface area contributed by atoms with Gasteiger partial charge >= 0.3 is 0 Å². The van der Waals surface area contributed by atoms with Crippen LogP contribution in [0, 0.1) is 6.92 Å². The molecule has 0 aromatic carbocycles. The molecule has 0 aliphatic carbocycles. The van der Waals surface area contributed by atoms with Crippen molar-refractivity contribution in [2.75, 3.05) is 20.3 Å². The number of hydrogen-bond acceptors (Lipinski definition) is 3. The van der Waals surface area contributed by atoms with Gasteiger partial charge in [-0.15, -0.1) is 0 Å². The van der Waals surface area contributed by atoms with Crippen LogP contribution in [0.2, 0.25) is 0 Å². The standard InChI is InChI=1S/C14H24N4O/c1-5-15-14(18-12(3)10-19-4)16-9-13-8-6-7-11(2)17-13/h6-8,12H,5,9-10H2,1-4H3,(H2,15,16,18). The van der Waals surface area contributed by atoms with Crippen LogP contribution in [0.25, 0.3) is 0 Å². The van der Waals surface area contributed by atoms with Crippen molar-refractivity contribution in [1.82, 2.24) is 15.6 Å². The Morgan fingerprint density at radius 1 is 1.47 bits per heavy atom. The van der Waals surface area contributed by atoms with Crippen molar-refractivity contribution >= 4 is 5.96 Å². The van der Waals surface area contributed by atoms with Gasteiger partial charge in [-0.25, -0.2) is 4.99 Å². The van der Waals surface area contributed by atoms with Gasteiger partial charge < -0.3 is 15.4 Å². The van der Waals surface area contributed by atoms with Crippen LogP contribution in [0.15, 0.2) is 23.2 Å². The maximum Gasteiger partial charge on any atom is 0.191 e.